The summed E-state index contributed by atoms with van der Waals surface area (Å²) in [4.78, 5) is 21.5. The Labute approximate surface area is 347 Å². The third kappa shape index (κ3) is 10.3. The van der Waals surface area contributed by atoms with Gasteiger partial charge < -0.3 is 23.8 Å². The number of ether oxygens (including phenoxy) is 4. The minimum atomic E-state index is -3.96. The summed E-state index contributed by atoms with van der Waals surface area (Å²) in [6, 6.07) is 6.23. The average molecular weight is 832 g/mol. The maximum absolute atomic E-state index is 14.0. The zero-order valence-electron chi connectivity index (χ0n) is 35.1. The maximum Gasteiger partial charge on any atom is 0.241 e. The Morgan fingerprint density at radius 3 is 2.46 bits per heavy atom. The topological polar surface area (TPSA) is 110 Å². The summed E-state index contributed by atoms with van der Waals surface area (Å²) in [6.07, 6.45) is 13.7. The molecule has 1 N–H and O–H groups in total. The van der Waals surface area contributed by atoms with Crippen LogP contribution in [-0.2, 0) is 46.8 Å². The van der Waals surface area contributed by atoms with Crippen LogP contribution in [0.1, 0.15) is 70.9 Å². The molecule has 0 spiro atoms. The number of hydrogen-bond donors (Lipinski definition) is 1. The number of halogens is 1. The summed E-state index contributed by atoms with van der Waals surface area (Å²) in [5, 5.41) is -0.0560. The van der Waals surface area contributed by atoms with Gasteiger partial charge >= 0.3 is 0 Å². The molecule has 11 nitrogen and oxygen atoms in total. The van der Waals surface area contributed by atoms with E-state index < -0.39 is 32.7 Å². The molecule has 1 aromatic rings. The van der Waals surface area contributed by atoms with Crippen LogP contribution < -0.4 is 4.72 Å². The Morgan fingerprint density at radius 2 is 1.77 bits per heavy atom. The summed E-state index contributed by atoms with van der Waals surface area (Å²) in [5.41, 5.74) is 2.73. The maximum atomic E-state index is 14.0. The van der Waals surface area contributed by atoms with E-state index in [0.717, 1.165) is 100.0 Å². The van der Waals surface area contributed by atoms with Crippen molar-refractivity contribution in [3.05, 3.63) is 70.1 Å². The predicted octanol–water partition coefficient (Wildman–Crippen LogP) is 6.04. The van der Waals surface area contributed by atoms with Crippen LogP contribution >= 0.6 is 11.6 Å². The Balaban J connectivity index is 1.36. The minimum Gasteiger partial charge on any atom is -0.487 e. The van der Waals surface area contributed by atoms with Gasteiger partial charge in [0.05, 0.1) is 36.1 Å². The number of allylic oxidation sites excluding steroid dienone is 3. The quantitative estimate of drug-likeness (QED) is 0.296. The van der Waals surface area contributed by atoms with Gasteiger partial charge in [0.2, 0.25) is 15.9 Å². The number of carbonyl (C=O) groups excluding carboxylic acids is 1. The van der Waals surface area contributed by atoms with E-state index in [1.165, 1.54) is 5.56 Å². The second-order valence-corrected chi connectivity index (χ2v) is 19.5. The summed E-state index contributed by atoms with van der Waals surface area (Å²) in [5.74, 6) is -0.344. The van der Waals surface area contributed by atoms with Crippen molar-refractivity contribution < 1.29 is 32.2 Å². The molecule has 2 aliphatic carbocycles. The number of hydrogen-bond acceptors (Lipinski definition) is 10. The molecule has 1 saturated heterocycles. The number of piperazine rings is 1. The largest absolute Gasteiger partial charge is 0.487 e. The number of nitrogens with one attached hydrogen (secondary N) is 1. The van der Waals surface area contributed by atoms with E-state index in [0.29, 0.717) is 38.8 Å². The molecular formula is C44H67ClN4O7S. The molecule has 0 aromatic heterocycles. The van der Waals surface area contributed by atoms with Crippen molar-refractivity contribution in [2.75, 3.05) is 79.9 Å². The first kappa shape index (κ1) is 44.1. The number of carbonyl (C=O) groups is 1. The summed E-state index contributed by atoms with van der Waals surface area (Å²) in [7, 11) is -0.466. The van der Waals surface area contributed by atoms with Crippen LogP contribution in [-0.4, -0.2) is 126 Å². The fourth-order valence-corrected chi connectivity index (χ4v) is 11.3. The summed E-state index contributed by atoms with van der Waals surface area (Å²) >= 11 is 6.45. The molecular weight excluding hydrogens is 764 g/mol. The van der Waals surface area contributed by atoms with Crippen molar-refractivity contribution in [1.29, 1.82) is 0 Å². The number of sulfonamides is 1. The van der Waals surface area contributed by atoms with Crippen LogP contribution in [0.15, 0.2) is 54.0 Å². The van der Waals surface area contributed by atoms with Gasteiger partial charge in [0.25, 0.3) is 0 Å². The molecule has 6 rings (SSSR count). The molecule has 0 radical (unpaired) electrons. The first-order chi connectivity index (χ1) is 27.4. The van der Waals surface area contributed by atoms with Crippen LogP contribution in [0.3, 0.4) is 0 Å². The number of methoxy groups -OCH3 is 2. The highest BCUT2D eigenvalue weighted by molar-refractivity contribution is 7.90. The van der Waals surface area contributed by atoms with Crippen LogP contribution in [0.2, 0.25) is 5.02 Å². The van der Waals surface area contributed by atoms with Gasteiger partial charge in [0.1, 0.15) is 18.0 Å². The molecule has 318 valence electrons. The lowest BCUT2D eigenvalue weighted by molar-refractivity contribution is -0.123. The second kappa shape index (κ2) is 19.7. The highest BCUT2D eigenvalue weighted by Crippen LogP contribution is 2.47. The number of fused-ring (bicyclic) bond motifs is 3. The van der Waals surface area contributed by atoms with Crippen LogP contribution in [0.5, 0.6) is 0 Å². The molecule has 2 fully saturated rings. The van der Waals surface area contributed by atoms with E-state index in [1.807, 2.05) is 38.1 Å². The Bertz CT molecular complexity index is 1720. The number of rotatable bonds is 9. The number of aryl methyl sites for hydroxylation is 1. The lowest BCUT2D eigenvalue weighted by atomic mass is 9.63. The predicted molar refractivity (Wildman–Crippen MR) is 225 cm³/mol. The van der Waals surface area contributed by atoms with E-state index in [4.69, 9.17) is 30.5 Å². The van der Waals surface area contributed by atoms with Gasteiger partial charge in [-0.15, -0.1) is 0 Å². The first-order valence-electron chi connectivity index (χ1n) is 21.3. The Kier molecular flexibility index (Phi) is 15.3. The molecule has 7 atom stereocenters. The summed E-state index contributed by atoms with van der Waals surface area (Å²) < 4.78 is 54.9. The van der Waals surface area contributed by atoms with Gasteiger partial charge in [0.15, 0.2) is 0 Å². The fourth-order valence-electron chi connectivity index (χ4n) is 9.81. The van der Waals surface area contributed by atoms with Crippen molar-refractivity contribution in [1.82, 2.24) is 19.4 Å². The fraction of sp³-hybridized carbons (Fsp3) is 0.705. The SMILES string of the molecule is CCO[C@]1(CN2CCN(C(COC)COC)CC2)/C=C/C[C@H](C)[C@@H](C)S(=O)(=O)NC(=O)C2C=CC3=C(C2C)N(CCCCc2cc(Cl)ccc2CO3)C[C@@H]2CC[C@H]21. The molecule has 2 unspecified atom stereocenters. The molecule has 5 aliphatic rings. The number of benzene rings is 1. The number of nitrogens with zero attached hydrogens (tertiary/aromatic N) is 3. The molecule has 1 saturated carbocycles. The molecule has 3 aliphatic heterocycles. The van der Waals surface area contributed by atoms with Gasteiger partial charge in [-0.3, -0.25) is 19.3 Å². The molecule has 1 aromatic carbocycles. The van der Waals surface area contributed by atoms with Crippen LogP contribution in [0.4, 0.5) is 0 Å². The lowest BCUT2D eigenvalue weighted by Gasteiger charge is -2.53. The third-order valence-electron chi connectivity index (χ3n) is 13.5. The molecule has 3 heterocycles. The smallest absolute Gasteiger partial charge is 0.241 e. The van der Waals surface area contributed by atoms with Crippen molar-refractivity contribution in [2.45, 2.75) is 89.7 Å². The van der Waals surface area contributed by atoms with E-state index >= 15 is 0 Å². The summed E-state index contributed by atoms with van der Waals surface area (Å²) in [6.45, 7) is 16.0. The van der Waals surface area contributed by atoms with Crippen molar-refractivity contribution in [3.63, 3.8) is 0 Å². The third-order valence-corrected chi connectivity index (χ3v) is 15.6. The average Bonchev–Trinajstić information content (AvgIpc) is 3.19. The highest BCUT2D eigenvalue weighted by atomic mass is 35.5. The monoisotopic (exact) mass is 830 g/mol. The van der Waals surface area contributed by atoms with Crippen molar-refractivity contribution >= 4 is 27.5 Å². The van der Waals surface area contributed by atoms with Gasteiger partial charge in [-0.25, -0.2) is 8.42 Å². The molecule has 1 amide bonds. The molecule has 2 bridgehead atoms. The van der Waals surface area contributed by atoms with Crippen molar-refractivity contribution in [2.24, 2.45) is 29.6 Å². The normalized spacial score (nSPS) is 32.4. The Hall–Kier alpha value is -2.45. The zero-order chi connectivity index (χ0) is 40.7. The Morgan fingerprint density at radius 1 is 1.02 bits per heavy atom. The zero-order valence-corrected chi connectivity index (χ0v) is 36.7. The highest BCUT2D eigenvalue weighted by Gasteiger charge is 2.49. The van der Waals surface area contributed by atoms with E-state index in [1.54, 1.807) is 21.1 Å². The second-order valence-electron chi connectivity index (χ2n) is 17.1. The molecule has 13 heteroatoms. The van der Waals surface area contributed by atoms with Crippen LogP contribution in [0.25, 0.3) is 0 Å². The first-order valence-corrected chi connectivity index (χ1v) is 23.2. The van der Waals surface area contributed by atoms with E-state index in [-0.39, 0.29) is 23.8 Å². The van der Waals surface area contributed by atoms with E-state index in [2.05, 4.69) is 44.6 Å². The molecule has 57 heavy (non-hydrogen) atoms. The van der Waals surface area contributed by atoms with Gasteiger partial charge in [-0.05, 0) is 99.5 Å². The van der Waals surface area contributed by atoms with E-state index in [9.17, 15) is 13.2 Å². The van der Waals surface area contributed by atoms with Crippen LogP contribution in [0, 0.1) is 29.6 Å². The standard InChI is InChI=1S/C44H67ClN4O7S/c1-7-56-44(30-47-21-23-48(24-22-47)38(28-53-5)29-54-6)19-10-11-31(2)33(4)57(51,52)46-43(50)39-16-18-41-42(32(39)3)49(26-35-14-17-40(35)44)20-9-8-12-34-25-37(45)15-13-36(34)27-55-41/h10,13,15-16,18-19,25,31-33,35,38-40H,7-9,11-12,14,17,20-24,26-30H2,1-6H3,(H,46,50)/b19-10+/t31-,32?,33+,35-,39?,40+,44-/m0/s1. The minimum absolute atomic E-state index is 0.216. The van der Waals surface area contributed by atoms with Gasteiger partial charge in [-0.1, -0.05) is 49.7 Å². The van der Waals surface area contributed by atoms with Gasteiger partial charge in [-0.2, -0.15) is 0 Å². The number of amides is 1. The lowest BCUT2D eigenvalue weighted by Crippen LogP contribution is -2.60. The van der Waals surface area contributed by atoms with Crippen molar-refractivity contribution in [3.8, 4) is 0 Å². The van der Waals surface area contributed by atoms with Gasteiger partial charge in [0, 0.05) is 77.6 Å².